The minimum Gasteiger partial charge on any atom is -0.350 e. The minimum atomic E-state index is 0.653. The molecular weight excluding hydrogens is 276 g/mol. The molecule has 116 valence electrons. The Labute approximate surface area is 131 Å². The lowest BCUT2D eigenvalue weighted by Crippen LogP contribution is -2.25. The zero-order valence-corrected chi connectivity index (χ0v) is 13.7. The van der Waals surface area contributed by atoms with E-state index in [1.165, 1.54) is 0 Å². The van der Waals surface area contributed by atoms with Crippen LogP contribution in [-0.4, -0.2) is 26.5 Å². The standard InChI is InChI=1S/C16H22N6/c1-5-13-14(8-17)16(20-19-15(13)6-2)22(7-3)11-12-9-18-21(4)10-12/h9-10H,5-7,11H2,1-4H3. The highest BCUT2D eigenvalue weighted by atomic mass is 15.3. The Hall–Kier alpha value is -2.42. The molecule has 0 aliphatic rings. The number of aromatic nitrogens is 4. The van der Waals surface area contributed by atoms with Gasteiger partial charge in [0.25, 0.3) is 0 Å². The molecule has 0 spiro atoms. The second kappa shape index (κ2) is 7.03. The van der Waals surface area contributed by atoms with Crippen LogP contribution in [0.1, 0.15) is 43.2 Å². The molecule has 0 atom stereocenters. The van der Waals surface area contributed by atoms with Crippen molar-refractivity contribution in [3.8, 4) is 6.07 Å². The smallest absolute Gasteiger partial charge is 0.169 e. The molecule has 0 saturated carbocycles. The van der Waals surface area contributed by atoms with E-state index < -0.39 is 0 Å². The van der Waals surface area contributed by atoms with Gasteiger partial charge in [0.05, 0.1) is 11.9 Å². The van der Waals surface area contributed by atoms with Gasteiger partial charge in [-0.25, -0.2) is 0 Å². The highest BCUT2D eigenvalue weighted by Gasteiger charge is 2.19. The summed E-state index contributed by atoms with van der Waals surface area (Å²) in [6.45, 7) is 7.57. The number of nitriles is 1. The van der Waals surface area contributed by atoms with Crippen LogP contribution in [0.25, 0.3) is 0 Å². The lowest BCUT2D eigenvalue weighted by molar-refractivity contribution is 0.760. The summed E-state index contributed by atoms with van der Waals surface area (Å²) >= 11 is 0. The van der Waals surface area contributed by atoms with Crippen molar-refractivity contribution in [3.63, 3.8) is 0 Å². The third-order valence-corrected chi connectivity index (χ3v) is 3.75. The quantitative estimate of drug-likeness (QED) is 0.818. The van der Waals surface area contributed by atoms with Crippen LogP contribution in [0.3, 0.4) is 0 Å². The summed E-state index contributed by atoms with van der Waals surface area (Å²) in [7, 11) is 1.89. The lowest BCUT2D eigenvalue weighted by Gasteiger charge is -2.23. The van der Waals surface area contributed by atoms with Crippen LogP contribution < -0.4 is 4.90 Å². The van der Waals surface area contributed by atoms with Crippen LogP contribution in [0, 0.1) is 11.3 Å². The van der Waals surface area contributed by atoms with E-state index in [4.69, 9.17) is 0 Å². The molecule has 0 N–H and O–H groups in total. The van der Waals surface area contributed by atoms with E-state index in [2.05, 4.69) is 40.1 Å². The van der Waals surface area contributed by atoms with Crippen molar-refractivity contribution in [3.05, 3.63) is 34.8 Å². The van der Waals surface area contributed by atoms with Gasteiger partial charge in [0.15, 0.2) is 5.82 Å². The fraction of sp³-hybridized carbons (Fsp3) is 0.500. The van der Waals surface area contributed by atoms with Gasteiger partial charge in [0.1, 0.15) is 11.6 Å². The van der Waals surface area contributed by atoms with E-state index in [-0.39, 0.29) is 0 Å². The van der Waals surface area contributed by atoms with Crippen molar-refractivity contribution in [1.82, 2.24) is 20.0 Å². The van der Waals surface area contributed by atoms with Crippen LogP contribution in [0.4, 0.5) is 5.82 Å². The second-order valence-electron chi connectivity index (χ2n) is 5.18. The van der Waals surface area contributed by atoms with Crippen LogP contribution in [0.2, 0.25) is 0 Å². The Balaban J connectivity index is 2.42. The van der Waals surface area contributed by atoms with E-state index in [0.29, 0.717) is 17.9 Å². The summed E-state index contributed by atoms with van der Waals surface area (Å²) in [5, 5.41) is 22.5. The van der Waals surface area contributed by atoms with Crippen molar-refractivity contribution in [2.24, 2.45) is 7.05 Å². The third-order valence-electron chi connectivity index (χ3n) is 3.75. The van der Waals surface area contributed by atoms with Gasteiger partial charge in [0.2, 0.25) is 0 Å². The molecule has 2 aromatic rings. The summed E-state index contributed by atoms with van der Waals surface area (Å²) in [6.07, 6.45) is 5.39. The Morgan fingerprint density at radius 1 is 1.23 bits per heavy atom. The molecule has 6 nitrogen and oxygen atoms in total. The van der Waals surface area contributed by atoms with E-state index in [0.717, 1.165) is 36.2 Å². The summed E-state index contributed by atoms with van der Waals surface area (Å²) in [5.74, 6) is 0.669. The monoisotopic (exact) mass is 298 g/mol. The molecule has 0 amide bonds. The number of hydrogen-bond donors (Lipinski definition) is 0. The fourth-order valence-corrected chi connectivity index (χ4v) is 2.61. The van der Waals surface area contributed by atoms with Crippen molar-refractivity contribution in [2.45, 2.75) is 40.2 Å². The predicted octanol–water partition coefficient (Wildman–Crippen LogP) is 2.23. The van der Waals surface area contributed by atoms with Crippen LogP contribution in [-0.2, 0) is 26.4 Å². The summed E-state index contributed by atoms with van der Waals surface area (Å²) in [5.41, 5.74) is 3.67. The average molecular weight is 298 g/mol. The first-order chi connectivity index (χ1) is 10.6. The summed E-state index contributed by atoms with van der Waals surface area (Å²) in [6, 6.07) is 2.33. The molecule has 0 aliphatic carbocycles. The first kappa shape index (κ1) is 16.0. The zero-order valence-electron chi connectivity index (χ0n) is 13.7. The van der Waals surface area contributed by atoms with Gasteiger partial charge in [-0.1, -0.05) is 13.8 Å². The second-order valence-corrected chi connectivity index (χ2v) is 5.18. The Morgan fingerprint density at radius 2 is 2.00 bits per heavy atom. The molecule has 0 aromatic carbocycles. The summed E-state index contributed by atoms with van der Waals surface area (Å²) in [4.78, 5) is 2.07. The third kappa shape index (κ3) is 3.08. The molecule has 2 aromatic heterocycles. The van der Waals surface area contributed by atoms with E-state index in [1.807, 2.05) is 26.4 Å². The van der Waals surface area contributed by atoms with Gasteiger partial charge in [-0.3, -0.25) is 4.68 Å². The molecule has 2 heterocycles. The van der Waals surface area contributed by atoms with E-state index in [1.54, 1.807) is 4.68 Å². The zero-order chi connectivity index (χ0) is 16.1. The molecule has 0 aliphatic heterocycles. The van der Waals surface area contributed by atoms with Gasteiger partial charge in [-0.2, -0.15) is 15.5 Å². The highest BCUT2D eigenvalue weighted by Crippen LogP contribution is 2.24. The first-order valence-electron chi connectivity index (χ1n) is 7.65. The number of hydrogen-bond acceptors (Lipinski definition) is 5. The number of aryl methyl sites for hydroxylation is 2. The average Bonchev–Trinajstić information content (AvgIpc) is 2.96. The normalized spacial score (nSPS) is 10.5. The summed E-state index contributed by atoms with van der Waals surface area (Å²) < 4.78 is 1.78. The van der Waals surface area contributed by atoms with Crippen molar-refractivity contribution in [2.75, 3.05) is 11.4 Å². The van der Waals surface area contributed by atoms with Crippen LogP contribution in [0.15, 0.2) is 12.4 Å². The number of rotatable bonds is 6. The maximum Gasteiger partial charge on any atom is 0.169 e. The van der Waals surface area contributed by atoms with E-state index in [9.17, 15) is 5.26 Å². The molecular formula is C16H22N6. The van der Waals surface area contributed by atoms with E-state index >= 15 is 0 Å². The maximum atomic E-state index is 9.60. The molecule has 0 fully saturated rings. The fourth-order valence-electron chi connectivity index (χ4n) is 2.61. The SMILES string of the molecule is CCc1nnc(N(CC)Cc2cnn(C)c2)c(C#N)c1CC. The molecule has 0 unspecified atom stereocenters. The van der Waals surface area contributed by atoms with Gasteiger partial charge in [0, 0.05) is 31.9 Å². The lowest BCUT2D eigenvalue weighted by atomic mass is 10.0. The van der Waals surface area contributed by atoms with Crippen molar-refractivity contribution < 1.29 is 0 Å². The highest BCUT2D eigenvalue weighted by molar-refractivity contribution is 5.58. The Kier molecular flexibility index (Phi) is 5.10. The molecule has 6 heteroatoms. The van der Waals surface area contributed by atoms with Gasteiger partial charge >= 0.3 is 0 Å². The Morgan fingerprint density at radius 3 is 2.50 bits per heavy atom. The van der Waals surface area contributed by atoms with Crippen LogP contribution in [0.5, 0.6) is 0 Å². The minimum absolute atomic E-state index is 0.653. The number of nitrogens with zero attached hydrogens (tertiary/aromatic N) is 6. The topological polar surface area (TPSA) is 70.6 Å². The van der Waals surface area contributed by atoms with Crippen LogP contribution >= 0.6 is 0 Å². The predicted molar refractivity (Wildman–Crippen MR) is 85.4 cm³/mol. The van der Waals surface area contributed by atoms with Gasteiger partial charge in [-0.15, -0.1) is 5.10 Å². The number of anilines is 1. The van der Waals surface area contributed by atoms with Gasteiger partial charge in [-0.05, 0) is 25.3 Å². The molecule has 22 heavy (non-hydrogen) atoms. The first-order valence-corrected chi connectivity index (χ1v) is 7.65. The molecule has 2 rings (SSSR count). The largest absolute Gasteiger partial charge is 0.350 e. The van der Waals surface area contributed by atoms with Crippen molar-refractivity contribution >= 4 is 5.82 Å². The molecule has 0 saturated heterocycles. The molecule has 0 radical (unpaired) electrons. The maximum absolute atomic E-state index is 9.60. The Bertz CT molecular complexity index is 682. The van der Waals surface area contributed by atoms with Gasteiger partial charge < -0.3 is 4.90 Å². The van der Waals surface area contributed by atoms with Crippen molar-refractivity contribution in [1.29, 1.82) is 5.26 Å². The molecule has 0 bridgehead atoms.